The molecule has 0 aliphatic heterocycles. The van der Waals surface area contributed by atoms with E-state index in [2.05, 4.69) is 27.1 Å². The van der Waals surface area contributed by atoms with Gasteiger partial charge in [0.2, 0.25) is 0 Å². The first kappa shape index (κ1) is 31.6. The molecule has 5 rings (SSSR count). The molecule has 5 aromatic rings. The third-order valence-corrected chi connectivity index (χ3v) is 7.49. The number of nitrogens with two attached hydrogens (primary N) is 1. The Hall–Kier alpha value is -5.77. The van der Waals surface area contributed by atoms with Crippen molar-refractivity contribution in [2.75, 3.05) is 24.4 Å². The Morgan fingerprint density at radius 2 is 1.59 bits per heavy atom. The summed E-state index contributed by atoms with van der Waals surface area (Å²) in [5.74, 6) is 2.00. The predicted octanol–water partition coefficient (Wildman–Crippen LogP) is 6.30. The number of hydrogen-bond donors (Lipinski definition) is 3. The first-order chi connectivity index (χ1) is 22.3. The van der Waals surface area contributed by atoms with E-state index in [-0.39, 0.29) is 5.71 Å². The van der Waals surface area contributed by atoms with Gasteiger partial charge >= 0.3 is 0 Å². The van der Waals surface area contributed by atoms with Crippen molar-refractivity contribution in [2.24, 2.45) is 5.73 Å². The number of rotatable bonds is 12. The van der Waals surface area contributed by atoms with E-state index in [0.29, 0.717) is 24.6 Å². The van der Waals surface area contributed by atoms with E-state index in [1.165, 1.54) is 6.08 Å². The minimum Gasteiger partial charge on any atom is -0.497 e. The molecule has 0 aliphatic rings. The molecule has 0 aliphatic carbocycles. The second-order valence-electron chi connectivity index (χ2n) is 10.8. The highest BCUT2D eigenvalue weighted by Gasteiger charge is 2.19. The molecule has 0 radical (unpaired) electrons. The van der Waals surface area contributed by atoms with Crippen LogP contribution in [0, 0.1) is 5.41 Å². The summed E-state index contributed by atoms with van der Waals surface area (Å²) in [5.41, 5.74) is 10.7. The first-order valence-electron chi connectivity index (χ1n) is 14.9. The predicted molar refractivity (Wildman–Crippen MR) is 182 cm³/mol. The third-order valence-electron chi connectivity index (χ3n) is 7.49. The van der Waals surface area contributed by atoms with E-state index in [1.54, 1.807) is 39.6 Å². The number of methoxy groups -OCH3 is 2. The topological polar surface area (TPSA) is 139 Å². The van der Waals surface area contributed by atoms with Gasteiger partial charge in [0, 0.05) is 48.3 Å². The van der Waals surface area contributed by atoms with Crippen LogP contribution in [-0.4, -0.2) is 40.8 Å². The molecule has 46 heavy (non-hydrogen) atoms. The summed E-state index contributed by atoms with van der Waals surface area (Å²) in [6, 6.07) is 21.7. The number of aromatic nitrogens is 3. The summed E-state index contributed by atoms with van der Waals surface area (Å²) in [4.78, 5) is 29.1. The average molecular weight is 616 g/mol. The Balaban J connectivity index is 1.65. The van der Waals surface area contributed by atoms with Crippen LogP contribution in [0.25, 0.3) is 22.0 Å². The molecule has 0 saturated heterocycles. The number of hydrogen-bond acceptors (Lipinski definition) is 9. The fourth-order valence-corrected chi connectivity index (χ4v) is 5.13. The minimum absolute atomic E-state index is 0.258. The summed E-state index contributed by atoms with van der Waals surface area (Å²) in [7, 11) is 3.30. The maximum Gasteiger partial charge on any atom is 0.274 e. The molecule has 0 unspecified atom stereocenters. The fraction of sp³-hybridized carbons (Fsp3) is 0.194. The van der Waals surface area contributed by atoms with Crippen LogP contribution in [0.1, 0.15) is 30.5 Å². The molecular formula is C36H37N7O3. The van der Waals surface area contributed by atoms with Gasteiger partial charge in [0.05, 0.1) is 19.9 Å². The zero-order valence-electron chi connectivity index (χ0n) is 26.4. The van der Waals surface area contributed by atoms with E-state index >= 15 is 0 Å². The van der Waals surface area contributed by atoms with Crippen LogP contribution in [0.4, 0.5) is 11.6 Å². The Bertz CT molecular complexity index is 1830. The van der Waals surface area contributed by atoms with Crippen molar-refractivity contribution in [3.63, 3.8) is 0 Å². The highest BCUT2D eigenvalue weighted by molar-refractivity contribution is 6.45. The quantitative estimate of drug-likeness (QED) is 0.139. The number of aryl methyl sites for hydroxylation is 1. The molecule has 3 heterocycles. The Morgan fingerprint density at radius 3 is 2.15 bits per heavy atom. The summed E-state index contributed by atoms with van der Waals surface area (Å²) in [6.45, 7) is 4.83. The lowest BCUT2D eigenvalue weighted by molar-refractivity contribution is -0.110. The lowest BCUT2D eigenvalue weighted by atomic mass is 10.0. The molecule has 10 nitrogen and oxygen atoms in total. The second kappa shape index (κ2) is 14.3. The van der Waals surface area contributed by atoms with Crippen LogP contribution in [0.15, 0.2) is 97.1 Å². The first-order valence-corrected chi connectivity index (χ1v) is 14.9. The van der Waals surface area contributed by atoms with Crippen LogP contribution < -0.4 is 25.4 Å². The lowest BCUT2D eigenvalue weighted by Crippen LogP contribution is -2.24. The molecule has 234 valence electrons. The molecule has 0 fully saturated rings. The monoisotopic (exact) mass is 615 g/mol. The number of pyridine rings is 3. The van der Waals surface area contributed by atoms with Crippen molar-refractivity contribution in [1.82, 2.24) is 15.0 Å². The highest BCUT2D eigenvalue weighted by atomic mass is 16.5. The molecule has 0 spiro atoms. The molecule has 1 amide bonds. The number of nitrogens with zero attached hydrogens (tertiary/aromatic N) is 4. The van der Waals surface area contributed by atoms with Crippen molar-refractivity contribution in [3.8, 4) is 22.8 Å². The van der Waals surface area contributed by atoms with Gasteiger partial charge in [-0.1, -0.05) is 31.2 Å². The number of ether oxygens (including phenoxy) is 2. The van der Waals surface area contributed by atoms with Crippen molar-refractivity contribution in [3.05, 3.63) is 114 Å². The van der Waals surface area contributed by atoms with Gasteiger partial charge in [0.15, 0.2) is 0 Å². The number of nitrogens with one attached hydrogen (secondary N) is 2. The van der Waals surface area contributed by atoms with Crippen molar-refractivity contribution in [1.29, 1.82) is 5.41 Å². The van der Waals surface area contributed by atoms with Crippen LogP contribution in [-0.2, 0) is 24.3 Å². The van der Waals surface area contributed by atoms with E-state index in [0.717, 1.165) is 62.5 Å². The van der Waals surface area contributed by atoms with Gasteiger partial charge in [0.25, 0.3) is 5.91 Å². The Labute approximate surface area is 268 Å². The Morgan fingerprint density at radius 1 is 0.957 bits per heavy atom. The summed E-state index contributed by atoms with van der Waals surface area (Å²) in [5, 5.41) is 12.4. The average Bonchev–Trinajstić information content (AvgIpc) is 3.07. The third kappa shape index (κ3) is 7.47. The normalized spacial score (nSPS) is 11.3. The highest BCUT2D eigenvalue weighted by Crippen LogP contribution is 2.34. The van der Waals surface area contributed by atoms with Crippen LogP contribution >= 0.6 is 0 Å². The molecule has 0 saturated carbocycles. The zero-order chi connectivity index (χ0) is 32.6. The van der Waals surface area contributed by atoms with Crippen LogP contribution in [0.2, 0.25) is 0 Å². The maximum absolute atomic E-state index is 12.7. The molecule has 2 aromatic carbocycles. The van der Waals surface area contributed by atoms with Gasteiger partial charge < -0.3 is 25.4 Å². The second-order valence-corrected chi connectivity index (χ2v) is 10.8. The smallest absolute Gasteiger partial charge is 0.274 e. The SMILES string of the molecule is CCc1ccncc1-c1cc2cc(NC(=O)C(=N)/C=C(/C)N)ncc2c(N(Cc2ccc(OC)cc2)Cc2ccc(OC)cc2)n1. The molecule has 4 N–H and O–H groups in total. The van der Waals surface area contributed by atoms with Gasteiger partial charge in [-0.2, -0.15) is 0 Å². The maximum atomic E-state index is 12.7. The molecular weight excluding hydrogens is 578 g/mol. The van der Waals surface area contributed by atoms with E-state index in [9.17, 15) is 4.79 Å². The molecule has 0 atom stereocenters. The number of benzene rings is 2. The number of carbonyl (C=O) groups is 1. The van der Waals surface area contributed by atoms with Crippen LogP contribution in [0.3, 0.4) is 0 Å². The van der Waals surface area contributed by atoms with Crippen LogP contribution in [0.5, 0.6) is 11.5 Å². The van der Waals surface area contributed by atoms with Crippen molar-refractivity contribution < 1.29 is 14.3 Å². The summed E-state index contributed by atoms with van der Waals surface area (Å²) in [6.07, 6.45) is 7.45. The van der Waals surface area contributed by atoms with Crippen molar-refractivity contribution >= 4 is 34.0 Å². The van der Waals surface area contributed by atoms with E-state index in [1.807, 2.05) is 66.9 Å². The number of carbonyl (C=O) groups excluding carboxylic acids is 1. The minimum atomic E-state index is -0.604. The van der Waals surface area contributed by atoms with Gasteiger partial charge in [-0.25, -0.2) is 9.97 Å². The number of fused-ring (bicyclic) bond motifs is 1. The number of anilines is 2. The standard InChI is InChI=1S/C36H37N7O3/c1-5-26-14-15-39-19-30(26)33-17-27-18-34(42-36(44)32(38)16-23(2)37)40-20-31(27)35(41-33)43(21-24-6-10-28(45-3)11-7-24)22-25-8-12-29(46-4)13-9-25/h6-20,38H,5,21-22,37H2,1-4H3,(H,40,42,44)/b23-16-,38-32?. The van der Waals surface area contributed by atoms with E-state index in [4.69, 9.17) is 25.6 Å². The Kier molecular flexibility index (Phi) is 9.87. The number of allylic oxidation sites excluding steroid dienone is 1. The lowest BCUT2D eigenvalue weighted by Gasteiger charge is -2.26. The van der Waals surface area contributed by atoms with Gasteiger partial charge in [-0.05, 0) is 84.0 Å². The van der Waals surface area contributed by atoms with Crippen molar-refractivity contribution in [2.45, 2.75) is 33.4 Å². The molecule has 10 heteroatoms. The van der Waals surface area contributed by atoms with Gasteiger partial charge in [-0.3, -0.25) is 15.2 Å². The van der Waals surface area contributed by atoms with Gasteiger partial charge in [0.1, 0.15) is 28.8 Å². The largest absolute Gasteiger partial charge is 0.497 e. The number of amides is 1. The summed E-state index contributed by atoms with van der Waals surface area (Å²) >= 11 is 0. The molecule has 0 bridgehead atoms. The summed E-state index contributed by atoms with van der Waals surface area (Å²) < 4.78 is 10.8. The fourth-order valence-electron chi connectivity index (χ4n) is 5.13. The van der Waals surface area contributed by atoms with Gasteiger partial charge in [-0.15, -0.1) is 0 Å². The zero-order valence-corrected chi connectivity index (χ0v) is 26.4. The van der Waals surface area contributed by atoms with E-state index < -0.39 is 5.91 Å². The molecule has 3 aromatic heterocycles.